The maximum atomic E-state index is 11.5. The minimum atomic E-state index is -2.90. The Balaban J connectivity index is 2.69. The number of aryl methyl sites for hydroxylation is 1. The van der Waals surface area contributed by atoms with Crippen molar-refractivity contribution in [3.63, 3.8) is 0 Å². The molecule has 0 spiro atoms. The van der Waals surface area contributed by atoms with Crippen LogP contribution in [0.3, 0.4) is 0 Å². The third-order valence-electron chi connectivity index (χ3n) is 2.95. The van der Waals surface area contributed by atoms with Gasteiger partial charge in [0.1, 0.15) is 9.84 Å². The molecule has 0 saturated carbocycles. The highest BCUT2D eigenvalue weighted by Crippen LogP contribution is 2.22. The van der Waals surface area contributed by atoms with E-state index in [4.69, 9.17) is 11.6 Å². The van der Waals surface area contributed by atoms with Crippen molar-refractivity contribution in [2.45, 2.75) is 26.2 Å². The van der Waals surface area contributed by atoms with Gasteiger partial charge in [-0.25, -0.2) is 8.42 Å². The Bertz CT molecular complexity index is 437. The lowest BCUT2D eigenvalue weighted by molar-refractivity contribution is 0.590. The Hall–Kier alpha value is -0.540. The number of alkyl halides is 1. The molecule has 0 bridgehead atoms. The summed E-state index contributed by atoms with van der Waals surface area (Å²) in [6.45, 7) is 3.71. The van der Waals surface area contributed by atoms with Crippen molar-refractivity contribution in [1.82, 2.24) is 0 Å². The first-order chi connectivity index (χ1) is 7.98. The summed E-state index contributed by atoms with van der Waals surface area (Å²) in [5, 5.41) is 0. The van der Waals surface area contributed by atoms with Crippen molar-refractivity contribution in [2.75, 3.05) is 17.4 Å². The molecule has 0 N–H and O–H groups in total. The van der Waals surface area contributed by atoms with E-state index in [1.165, 1.54) is 5.56 Å². The zero-order chi connectivity index (χ0) is 12.9. The van der Waals surface area contributed by atoms with Gasteiger partial charge in [0.05, 0.1) is 5.75 Å². The Labute approximate surface area is 109 Å². The molecule has 0 fully saturated rings. The highest BCUT2D eigenvalue weighted by molar-refractivity contribution is 7.91. The molecule has 1 aromatic carbocycles. The van der Waals surface area contributed by atoms with Gasteiger partial charge in [-0.05, 0) is 24.8 Å². The SMILES string of the molecule is CCS(=O)(=O)CCC(CCl)c1ccc(C)cc1. The van der Waals surface area contributed by atoms with Crippen molar-refractivity contribution < 1.29 is 8.42 Å². The molecule has 1 atom stereocenters. The lowest BCUT2D eigenvalue weighted by atomic mass is 9.98. The van der Waals surface area contributed by atoms with Gasteiger partial charge < -0.3 is 0 Å². The second kappa shape index (κ2) is 6.41. The second-order valence-electron chi connectivity index (χ2n) is 4.29. The second-order valence-corrected chi connectivity index (χ2v) is 7.07. The molecule has 17 heavy (non-hydrogen) atoms. The van der Waals surface area contributed by atoms with Gasteiger partial charge in [-0.15, -0.1) is 11.6 Å². The van der Waals surface area contributed by atoms with Crippen LogP contribution < -0.4 is 0 Å². The standard InChI is InChI=1S/C13H19ClO2S/c1-3-17(15,16)9-8-13(10-14)12-6-4-11(2)5-7-12/h4-7,13H,3,8-10H2,1-2H3. The molecule has 0 aliphatic rings. The van der Waals surface area contributed by atoms with Crippen LogP contribution in [0, 0.1) is 6.92 Å². The largest absolute Gasteiger partial charge is 0.229 e. The van der Waals surface area contributed by atoms with E-state index < -0.39 is 9.84 Å². The highest BCUT2D eigenvalue weighted by atomic mass is 35.5. The van der Waals surface area contributed by atoms with Gasteiger partial charge in [0.25, 0.3) is 0 Å². The normalized spacial score (nSPS) is 13.6. The number of halogens is 1. The van der Waals surface area contributed by atoms with Crippen LogP contribution in [0.1, 0.15) is 30.4 Å². The summed E-state index contributed by atoms with van der Waals surface area (Å²) < 4.78 is 22.9. The molecular formula is C13H19ClO2S. The number of benzene rings is 1. The van der Waals surface area contributed by atoms with Crippen molar-refractivity contribution in [3.05, 3.63) is 35.4 Å². The molecule has 1 aromatic rings. The van der Waals surface area contributed by atoms with Crippen LogP contribution in [-0.2, 0) is 9.84 Å². The van der Waals surface area contributed by atoms with E-state index in [2.05, 4.69) is 0 Å². The fraction of sp³-hybridized carbons (Fsp3) is 0.538. The molecule has 0 radical (unpaired) electrons. The summed E-state index contributed by atoms with van der Waals surface area (Å²) >= 11 is 5.92. The van der Waals surface area contributed by atoms with Crippen LogP contribution in [-0.4, -0.2) is 25.8 Å². The van der Waals surface area contributed by atoms with Gasteiger partial charge in [0, 0.05) is 11.6 Å². The van der Waals surface area contributed by atoms with E-state index in [-0.39, 0.29) is 17.4 Å². The lowest BCUT2D eigenvalue weighted by Gasteiger charge is -2.14. The quantitative estimate of drug-likeness (QED) is 0.747. The average Bonchev–Trinajstić information content (AvgIpc) is 2.32. The Morgan fingerprint density at radius 1 is 1.24 bits per heavy atom. The minimum absolute atomic E-state index is 0.124. The van der Waals surface area contributed by atoms with Crippen molar-refractivity contribution >= 4 is 21.4 Å². The first-order valence-electron chi connectivity index (χ1n) is 5.81. The summed E-state index contributed by atoms with van der Waals surface area (Å²) in [6, 6.07) is 8.12. The minimum Gasteiger partial charge on any atom is -0.229 e. The monoisotopic (exact) mass is 274 g/mol. The molecule has 0 aromatic heterocycles. The smallest absolute Gasteiger partial charge is 0.150 e. The van der Waals surface area contributed by atoms with Gasteiger partial charge in [-0.2, -0.15) is 0 Å². The maximum absolute atomic E-state index is 11.5. The number of rotatable bonds is 6. The molecule has 4 heteroatoms. The van der Waals surface area contributed by atoms with Gasteiger partial charge in [0.15, 0.2) is 0 Å². The van der Waals surface area contributed by atoms with Crippen LogP contribution in [0.5, 0.6) is 0 Å². The number of hydrogen-bond acceptors (Lipinski definition) is 2. The van der Waals surface area contributed by atoms with E-state index in [1.54, 1.807) is 6.92 Å². The van der Waals surface area contributed by atoms with Crippen LogP contribution >= 0.6 is 11.6 Å². The van der Waals surface area contributed by atoms with Gasteiger partial charge in [0.2, 0.25) is 0 Å². The van der Waals surface area contributed by atoms with Crippen LogP contribution in [0.25, 0.3) is 0 Å². The first kappa shape index (κ1) is 14.5. The van der Waals surface area contributed by atoms with Gasteiger partial charge in [-0.3, -0.25) is 0 Å². The summed E-state index contributed by atoms with van der Waals surface area (Å²) in [7, 11) is -2.90. The van der Waals surface area contributed by atoms with Crippen LogP contribution in [0.4, 0.5) is 0 Å². The van der Waals surface area contributed by atoms with Gasteiger partial charge >= 0.3 is 0 Å². The summed E-state index contributed by atoms with van der Waals surface area (Å²) in [5.41, 5.74) is 2.32. The zero-order valence-corrected chi connectivity index (χ0v) is 11.9. The molecule has 1 unspecified atom stereocenters. The van der Waals surface area contributed by atoms with E-state index >= 15 is 0 Å². The van der Waals surface area contributed by atoms with Crippen molar-refractivity contribution in [3.8, 4) is 0 Å². The molecule has 0 aliphatic heterocycles. The van der Waals surface area contributed by atoms with E-state index in [1.807, 2.05) is 31.2 Å². The Morgan fingerprint density at radius 3 is 2.29 bits per heavy atom. The molecule has 1 rings (SSSR count). The number of sulfone groups is 1. The van der Waals surface area contributed by atoms with E-state index in [9.17, 15) is 8.42 Å². The number of hydrogen-bond donors (Lipinski definition) is 0. The van der Waals surface area contributed by atoms with Crippen LogP contribution in [0.15, 0.2) is 24.3 Å². The zero-order valence-electron chi connectivity index (χ0n) is 10.3. The third kappa shape index (κ3) is 4.68. The topological polar surface area (TPSA) is 34.1 Å². The fourth-order valence-corrected chi connectivity index (χ4v) is 2.90. The van der Waals surface area contributed by atoms with Gasteiger partial charge in [-0.1, -0.05) is 36.8 Å². The van der Waals surface area contributed by atoms with E-state index in [0.717, 1.165) is 5.56 Å². The predicted molar refractivity (Wildman–Crippen MR) is 73.6 cm³/mol. The average molecular weight is 275 g/mol. The summed E-state index contributed by atoms with van der Waals surface area (Å²) in [4.78, 5) is 0. The molecule has 0 saturated heterocycles. The molecule has 0 heterocycles. The fourth-order valence-electron chi connectivity index (χ4n) is 1.64. The lowest BCUT2D eigenvalue weighted by Crippen LogP contribution is -2.13. The summed E-state index contributed by atoms with van der Waals surface area (Å²) in [6.07, 6.45) is 0.600. The van der Waals surface area contributed by atoms with Crippen molar-refractivity contribution in [1.29, 1.82) is 0 Å². The molecular weight excluding hydrogens is 256 g/mol. The van der Waals surface area contributed by atoms with E-state index in [0.29, 0.717) is 12.3 Å². The van der Waals surface area contributed by atoms with Crippen LogP contribution in [0.2, 0.25) is 0 Å². The molecule has 0 aliphatic carbocycles. The van der Waals surface area contributed by atoms with Crippen molar-refractivity contribution in [2.24, 2.45) is 0 Å². The Morgan fingerprint density at radius 2 is 1.82 bits per heavy atom. The summed E-state index contributed by atoms with van der Waals surface area (Å²) in [5.74, 6) is 1.01. The maximum Gasteiger partial charge on any atom is 0.150 e. The Kier molecular flexibility index (Phi) is 5.47. The molecule has 2 nitrogen and oxygen atoms in total. The third-order valence-corrected chi connectivity index (χ3v) is 5.06. The highest BCUT2D eigenvalue weighted by Gasteiger charge is 2.15. The predicted octanol–water partition coefficient (Wildman–Crippen LogP) is 3.14. The molecule has 0 amide bonds. The first-order valence-corrected chi connectivity index (χ1v) is 8.17. The molecule has 96 valence electrons.